The highest BCUT2D eigenvalue weighted by Crippen LogP contribution is 2.25. The summed E-state index contributed by atoms with van der Waals surface area (Å²) in [5.41, 5.74) is 0. The Bertz CT molecular complexity index is 278. The zero-order chi connectivity index (χ0) is 10.8. The molecule has 4 heteroatoms. The summed E-state index contributed by atoms with van der Waals surface area (Å²) in [4.78, 5) is 24.7. The third kappa shape index (κ3) is 2.13. The topological polar surface area (TPSA) is 49.4 Å². The van der Waals surface area contributed by atoms with Gasteiger partial charge in [0.1, 0.15) is 0 Å². The van der Waals surface area contributed by atoms with Gasteiger partial charge < -0.3 is 10.2 Å². The minimum absolute atomic E-state index is 0.173. The molecule has 0 saturated carbocycles. The number of hydrogen-bond donors (Lipinski definition) is 1. The summed E-state index contributed by atoms with van der Waals surface area (Å²) in [6.45, 7) is 3.53. The van der Waals surface area contributed by atoms with E-state index in [1.807, 2.05) is 11.8 Å². The first-order chi connectivity index (χ1) is 7.20. The minimum atomic E-state index is 0.173. The predicted molar refractivity (Wildman–Crippen MR) is 56.1 cm³/mol. The number of rotatable bonds is 1. The van der Waals surface area contributed by atoms with E-state index in [-0.39, 0.29) is 11.8 Å². The fraction of sp³-hybridized carbons (Fsp3) is 0.818. The second-order valence-electron chi connectivity index (χ2n) is 4.45. The molecule has 2 aliphatic rings. The van der Waals surface area contributed by atoms with Gasteiger partial charge in [0.15, 0.2) is 0 Å². The van der Waals surface area contributed by atoms with Gasteiger partial charge in [-0.1, -0.05) is 6.92 Å². The number of piperidine rings is 2. The van der Waals surface area contributed by atoms with Crippen molar-refractivity contribution in [2.45, 2.75) is 38.6 Å². The molecule has 0 spiro atoms. The van der Waals surface area contributed by atoms with Gasteiger partial charge >= 0.3 is 0 Å². The molecule has 15 heavy (non-hydrogen) atoms. The van der Waals surface area contributed by atoms with Gasteiger partial charge in [-0.25, -0.2) is 0 Å². The van der Waals surface area contributed by atoms with Gasteiger partial charge in [-0.2, -0.15) is 0 Å². The lowest BCUT2D eigenvalue weighted by atomic mass is 9.85. The molecule has 4 nitrogen and oxygen atoms in total. The standard InChI is InChI=1S/C11H18N2O2/c1-2-11(15)13-6-5-9-8(7-13)3-4-10(14)12-9/h8-9H,2-7H2,1H3,(H,12,14). The van der Waals surface area contributed by atoms with Gasteiger partial charge in [-0.05, 0) is 18.8 Å². The van der Waals surface area contributed by atoms with Crippen molar-refractivity contribution in [2.24, 2.45) is 5.92 Å². The van der Waals surface area contributed by atoms with Crippen LogP contribution in [-0.4, -0.2) is 35.8 Å². The number of amides is 2. The third-order valence-corrected chi connectivity index (χ3v) is 3.48. The number of nitrogens with one attached hydrogen (secondary N) is 1. The molecule has 2 heterocycles. The van der Waals surface area contributed by atoms with Gasteiger partial charge in [-0.3, -0.25) is 9.59 Å². The molecule has 0 radical (unpaired) electrons. The van der Waals surface area contributed by atoms with Gasteiger partial charge in [0.2, 0.25) is 11.8 Å². The third-order valence-electron chi connectivity index (χ3n) is 3.48. The van der Waals surface area contributed by atoms with Crippen LogP contribution in [0.25, 0.3) is 0 Å². The molecule has 2 saturated heterocycles. The van der Waals surface area contributed by atoms with Crippen LogP contribution in [0, 0.1) is 5.92 Å². The van der Waals surface area contributed by atoms with Gasteiger partial charge in [0, 0.05) is 32.0 Å². The van der Waals surface area contributed by atoms with Crippen LogP contribution in [-0.2, 0) is 9.59 Å². The average Bonchev–Trinajstić information content (AvgIpc) is 2.27. The zero-order valence-corrected chi connectivity index (χ0v) is 9.16. The summed E-state index contributed by atoms with van der Waals surface area (Å²) in [6, 6.07) is 0.312. The van der Waals surface area contributed by atoms with Crippen molar-refractivity contribution in [1.82, 2.24) is 10.2 Å². The first kappa shape index (κ1) is 10.5. The fourth-order valence-corrected chi connectivity index (χ4v) is 2.56. The predicted octanol–water partition coefficient (Wildman–Crippen LogP) is 0.523. The maximum atomic E-state index is 11.5. The molecule has 2 fully saturated rings. The van der Waals surface area contributed by atoms with Crippen molar-refractivity contribution in [3.8, 4) is 0 Å². The number of carbonyl (C=O) groups excluding carboxylic acids is 2. The van der Waals surface area contributed by atoms with Crippen LogP contribution in [0.2, 0.25) is 0 Å². The van der Waals surface area contributed by atoms with E-state index in [9.17, 15) is 9.59 Å². The number of carbonyl (C=O) groups is 2. The molecule has 0 aromatic rings. The molecule has 2 rings (SSSR count). The quantitative estimate of drug-likeness (QED) is 0.686. The lowest BCUT2D eigenvalue weighted by Crippen LogP contribution is -2.55. The molecule has 1 N–H and O–H groups in total. The van der Waals surface area contributed by atoms with E-state index < -0.39 is 0 Å². The van der Waals surface area contributed by atoms with E-state index in [0.29, 0.717) is 24.8 Å². The van der Waals surface area contributed by atoms with Crippen LogP contribution in [0.15, 0.2) is 0 Å². The number of nitrogens with zero attached hydrogens (tertiary/aromatic N) is 1. The van der Waals surface area contributed by atoms with Crippen LogP contribution >= 0.6 is 0 Å². The molecule has 2 atom stereocenters. The molecule has 0 bridgehead atoms. The van der Waals surface area contributed by atoms with E-state index in [1.54, 1.807) is 0 Å². The second-order valence-corrected chi connectivity index (χ2v) is 4.45. The summed E-state index contributed by atoms with van der Waals surface area (Å²) in [5.74, 6) is 0.892. The Morgan fingerprint density at radius 2 is 2.33 bits per heavy atom. The van der Waals surface area contributed by atoms with Crippen molar-refractivity contribution >= 4 is 11.8 Å². The summed E-state index contributed by atoms with van der Waals surface area (Å²) in [7, 11) is 0. The zero-order valence-electron chi connectivity index (χ0n) is 9.16. The second kappa shape index (κ2) is 4.21. The Balaban J connectivity index is 1.95. The van der Waals surface area contributed by atoms with E-state index in [4.69, 9.17) is 0 Å². The SMILES string of the molecule is CCC(=O)N1CCC2NC(=O)CCC2C1. The van der Waals surface area contributed by atoms with Crippen LogP contribution in [0.1, 0.15) is 32.6 Å². The van der Waals surface area contributed by atoms with Crippen LogP contribution in [0.4, 0.5) is 0 Å². The van der Waals surface area contributed by atoms with Crippen LogP contribution in [0.5, 0.6) is 0 Å². The maximum Gasteiger partial charge on any atom is 0.222 e. The van der Waals surface area contributed by atoms with E-state index in [2.05, 4.69) is 5.32 Å². The van der Waals surface area contributed by atoms with E-state index in [1.165, 1.54) is 0 Å². The lowest BCUT2D eigenvalue weighted by molar-refractivity contribution is -0.134. The molecular weight excluding hydrogens is 192 g/mol. The highest BCUT2D eigenvalue weighted by atomic mass is 16.2. The molecule has 0 aliphatic carbocycles. The molecular formula is C11H18N2O2. The Morgan fingerprint density at radius 3 is 3.07 bits per heavy atom. The average molecular weight is 210 g/mol. The number of fused-ring (bicyclic) bond motifs is 1. The molecule has 0 aromatic carbocycles. The lowest BCUT2D eigenvalue weighted by Gasteiger charge is -2.41. The van der Waals surface area contributed by atoms with Gasteiger partial charge in [0.25, 0.3) is 0 Å². The summed E-state index contributed by atoms with van der Waals surface area (Å²) >= 11 is 0. The Labute approximate surface area is 90.0 Å². The van der Waals surface area contributed by atoms with Gasteiger partial charge in [-0.15, -0.1) is 0 Å². The highest BCUT2D eigenvalue weighted by Gasteiger charge is 2.34. The van der Waals surface area contributed by atoms with Gasteiger partial charge in [0.05, 0.1) is 0 Å². The van der Waals surface area contributed by atoms with E-state index in [0.717, 1.165) is 25.9 Å². The van der Waals surface area contributed by atoms with Crippen molar-refractivity contribution in [3.05, 3.63) is 0 Å². The van der Waals surface area contributed by atoms with Crippen molar-refractivity contribution < 1.29 is 9.59 Å². The Morgan fingerprint density at radius 1 is 1.53 bits per heavy atom. The number of hydrogen-bond acceptors (Lipinski definition) is 2. The normalized spacial score (nSPS) is 30.7. The molecule has 2 unspecified atom stereocenters. The number of likely N-dealkylation sites (tertiary alicyclic amines) is 1. The summed E-state index contributed by atoms with van der Waals surface area (Å²) < 4.78 is 0. The first-order valence-corrected chi connectivity index (χ1v) is 5.78. The molecule has 2 amide bonds. The Hall–Kier alpha value is -1.06. The summed E-state index contributed by atoms with van der Waals surface area (Å²) in [5, 5.41) is 3.02. The molecule has 84 valence electrons. The van der Waals surface area contributed by atoms with Crippen LogP contribution < -0.4 is 5.32 Å². The van der Waals surface area contributed by atoms with Crippen molar-refractivity contribution in [2.75, 3.05) is 13.1 Å². The van der Waals surface area contributed by atoms with Crippen molar-refractivity contribution in [1.29, 1.82) is 0 Å². The summed E-state index contributed by atoms with van der Waals surface area (Å²) in [6.07, 6.45) is 3.06. The van der Waals surface area contributed by atoms with Crippen molar-refractivity contribution in [3.63, 3.8) is 0 Å². The Kier molecular flexibility index (Phi) is 2.93. The first-order valence-electron chi connectivity index (χ1n) is 5.78. The smallest absolute Gasteiger partial charge is 0.222 e. The highest BCUT2D eigenvalue weighted by molar-refractivity contribution is 5.78. The molecule has 0 aromatic heterocycles. The monoisotopic (exact) mass is 210 g/mol. The van der Waals surface area contributed by atoms with Crippen LogP contribution in [0.3, 0.4) is 0 Å². The molecule has 2 aliphatic heterocycles. The van der Waals surface area contributed by atoms with E-state index >= 15 is 0 Å². The minimum Gasteiger partial charge on any atom is -0.353 e. The maximum absolute atomic E-state index is 11.5. The fourth-order valence-electron chi connectivity index (χ4n) is 2.56. The largest absolute Gasteiger partial charge is 0.353 e.